The van der Waals surface area contributed by atoms with Gasteiger partial charge in [-0.15, -0.1) is 0 Å². The summed E-state index contributed by atoms with van der Waals surface area (Å²) in [6, 6.07) is 3.91. The minimum absolute atomic E-state index is 0.262. The number of piperazine rings is 1. The SMILES string of the molecule is O=C(Cc1cccnc1)N1CCN(C23CC4CC(CC(C4)C2)C3)CC1. The number of amides is 1. The van der Waals surface area contributed by atoms with Crippen LogP contribution in [0.15, 0.2) is 24.5 Å². The van der Waals surface area contributed by atoms with Crippen LogP contribution >= 0.6 is 0 Å². The Balaban J connectivity index is 1.21. The van der Waals surface area contributed by atoms with Gasteiger partial charge in [0.25, 0.3) is 0 Å². The van der Waals surface area contributed by atoms with Crippen molar-refractivity contribution in [1.29, 1.82) is 0 Å². The maximum atomic E-state index is 12.6. The van der Waals surface area contributed by atoms with Crippen molar-refractivity contribution in [2.24, 2.45) is 17.8 Å². The molecule has 0 aromatic carbocycles. The number of carbonyl (C=O) groups is 1. The summed E-state index contributed by atoms with van der Waals surface area (Å²) in [4.78, 5) is 21.6. The predicted molar refractivity (Wildman–Crippen MR) is 97.0 cm³/mol. The second-order valence-electron chi connectivity index (χ2n) is 9.05. The molecule has 0 radical (unpaired) electrons. The summed E-state index contributed by atoms with van der Waals surface area (Å²) in [6.07, 6.45) is 12.9. The van der Waals surface area contributed by atoms with Gasteiger partial charge in [-0.05, 0) is 67.9 Å². The molecule has 6 rings (SSSR count). The standard InChI is InChI=1S/C21H29N3O/c25-20(11-16-2-1-3-22-15-16)23-4-6-24(7-5-23)21-12-17-8-18(13-21)10-19(9-17)14-21/h1-3,15,17-19H,4-14H2. The van der Waals surface area contributed by atoms with Gasteiger partial charge in [-0.3, -0.25) is 14.7 Å². The smallest absolute Gasteiger partial charge is 0.227 e. The molecule has 4 saturated carbocycles. The van der Waals surface area contributed by atoms with Crippen molar-refractivity contribution in [3.63, 3.8) is 0 Å². The molecule has 2 heterocycles. The summed E-state index contributed by atoms with van der Waals surface area (Å²) in [6.45, 7) is 3.96. The molecule has 1 aromatic heterocycles. The predicted octanol–water partition coefficient (Wildman–Crippen LogP) is 2.74. The van der Waals surface area contributed by atoms with Gasteiger partial charge in [-0.1, -0.05) is 6.07 Å². The van der Waals surface area contributed by atoms with Crippen LogP contribution < -0.4 is 0 Å². The van der Waals surface area contributed by atoms with E-state index in [1.807, 2.05) is 18.3 Å². The van der Waals surface area contributed by atoms with E-state index in [0.717, 1.165) is 49.5 Å². The zero-order valence-electron chi connectivity index (χ0n) is 15.1. The number of aromatic nitrogens is 1. The molecule has 5 fully saturated rings. The topological polar surface area (TPSA) is 36.4 Å². The van der Waals surface area contributed by atoms with Gasteiger partial charge in [0, 0.05) is 44.1 Å². The van der Waals surface area contributed by atoms with Crippen LogP contribution in [0.5, 0.6) is 0 Å². The highest BCUT2D eigenvalue weighted by molar-refractivity contribution is 5.78. The minimum atomic E-state index is 0.262. The second kappa shape index (κ2) is 6.08. The van der Waals surface area contributed by atoms with Gasteiger partial charge < -0.3 is 4.90 Å². The maximum Gasteiger partial charge on any atom is 0.227 e. The van der Waals surface area contributed by atoms with E-state index in [0.29, 0.717) is 12.0 Å². The molecule has 4 heteroatoms. The highest BCUT2D eigenvalue weighted by Crippen LogP contribution is 2.57. The van der Waals surface area contributed by atoms with Gasteiger partial charge in [0.05, 0.1) is 6.42 Å². The first-order valence-corrected chi connectivity index (χ1v) is 10.1. The quantitative estimate of drug-likeness (QED) is 0.850. The molecule has 0 atom stereocenters. The molecule has 134 valence electrons. The van der Waals surface area contributed by atoms with Crippen LogP contribution in [-0.2, 0) is 11.2 Å². The molecule has 1 aromatic rings. The first kappa shape index (κ1) is 15.8. The van der Waals surface area contributed by atoms with E-state index >= 15 is 0 Å². The Bertz CT molecular complexity index is 601. The number of hydrogen-bond donors (Lipinski definition) is 0. The Kier molecular flexibility index (Phi) is 3.85. The Hall–Kier alpha value is -1.42. The molecule has 0 unspecified atom stereocenters. The van der Waals surface area contributed by atoms with E-state index in [2.05, 4.69) is 14.8 Å². The maximum absolute atomic E-state index is 12.6. The zero-order chi connectivity index (χ0) is 16.9. The molecule has 1 aliphatic heterocycles. The van der Waals surface area contributed by atoms with Gasteiger partial charge in [-0.25, -0.2) is 0 Å². The normalized spacial score (nSPS) is 37.4. The van der Waals surface area contributed by atoms with Crippen LogP contribution in [0.3, 0.4) is 0 Å². The third kappa shape index (κ3) is 2.88. The van der Waals surface area contributed by atoms with Crippen molar-refractivity contribution in [3.8, 4) is 0 Å². The number of hydrogen-bond acceptors (Lipinski definition) is 3. The lowest BCUT2D eigenvalue weighted by molar-refractivity contribution is -0.137. The van der Waals surface area contributed by atoms with E-state index in [-0.39, 0.29) is 5.91 Å². The van der Waals surface area contributed by atoms with E-state index in [1.54, 1.807) is 6.20 Å². The van der Waals surface area contributed by atoms with Crippen molar-refractivity contribution in [3.05, 3.63) is 30.1 Å². The van der Waals surface area contributed by atoms with Gasteiger partial charge in [-0.2, -0.15) is 0 Å². The van der Waals surface area contributed by atoms with E-state index in [9.17, 15) is 4.79 Å². The summed E-state index contributed by atoms with van der Waals surface area (Å²) >= 11 is 0. The van der Waals surface area contributed by atoms with Gasteiger partial charge in [0.2, 0.25) is 5.91 Å². The fraction of sp³-hybridized carbons (Fsp3) is 0.714. The summed E-state index contributed by atoms with van der Waals surface area (Å²) < 4.78 is 0. The monoisotopic (exact) mass is 339 g/mol. The zero-order valence-corrected chi connectivity index (χ0v) is 15.1. The fourth-order valence-corrected chi connectivity index (χ4v) is 6.67. The lowest BCUT2D eigenvalue weighted by Gasteiger charge is -2.61. The number of nitrogens with zero attached hydrogens (tertiary/aromatic N) is 3. The van der Waals surface area contributed by atoms with E-state index in [1.165, 1.54) is 38.5 Å². The van der Waals surface area contributed by atoms with Crippen LogP contribution in [0, 0.1) is 17.8 Å². The molecule has 0 N–H and O–H groups in total. The van der Waals surface area contributed by atoms with Crippen molar-refractivity contribution < 1.29 is 4.79 Å². The Morgan fingerprint density at radius 2 is 1.68 bits per heavy atom. The average molecular weight is 339 g/mol. The Labute approximate surface area is 150 Å². The fourth-order valence-electron chi connectivity index (χ4n) is 6.67. The second-order valence-corrected chi connectivity index (χ2v) is 9.05. The molecule has 1 saturated heterocycles. The molecular weight excluding hydrogens is 310 g/mol. The molecule has 4 bridgehead atoms. The van der Waals surface area contributed by atoms with Crippen molar-refractivity contribution in [2.45, 2.75) is 50.5 Å². The molecule has 5 aliphatic rings. The largest absolute Gasteiger partial charge is 0.340 e. The van der Waals surface area contributed by atoms with E-state index < -0.39 is 0 Å². The Morgan fingerprint density at radius 3 is 2.24 bits per heavy atom. The first-order chi connectivity index (χ1) is 12.2. The van der Waals surface area contributed by atoms with Crippen LogP contribution in [0.2, 0.25) is 0 Å². The van der Waals surface area contributed by atoms with Crippen molar-refractivity contribution in [1.82, 2.24) is 14.8 Å². The van der Waals surface area contributed by atoms with Crippen molar-refractivity contribution >= 4 is 5.91 Å². The third-order valence-corrected chi connectivity index (χ3v) is 7.39. The third-order valence-electron chi connectivity index (χ3n) is 7.39. The molecule has 0 spiro atoms. The highest BCUT2D eigenvalue weighted by Gasteiger charge is 2.53. The molecule has 4 nitrogen and oxygen atoms in total. The molecule has 1 amide bonds. The van der Waals surface area contributed by atoms with Gasteiger partial charge in [0.15, 0.2) is 0 Å². The summed E-state index contributed by atoms with van der Waals surface area (Å²) in [5, 5.41) is 0. The first-order valence-electron chi connectivity index (χ1n) is 10.1. The average Bonchev–Trinajstić information content (AvgIpc) is 2.61. The lowest BCUT2D eigenvalue weighted by atomic mass is 9.52. The van der Waals surface area contributed by atoms with Crippen LogP contribution in [0.4, 0.5) is 0 Å². The van der Waals surface area contributed by atoms with Crippen LogP contribution in [0.25, 0.3) is 0 Å². The van der Waals surface area contributed by atoms with Gasteiger partial charge in [0.1, 0.15) is 0 Å². The molecule has 25 heavy (non-hydrogen) atoms. The van der Waals surface area contributed by atoms with E-state index in [4.69, 9.17) is 0 Å². The van der Waals surface area contributed by atoms with Gasteiger partial charge >= 0.3 is 0 Å². The number of rotatable bonds is 3. The number of pyridine rings is 1. The van der Waals surface area contributed by atoms with Crippen molar-refractivity contribution in [2.75, 3.05) is 26.2 Å². The summed E-state index contributed by atoms with van der Waals surface area (Å²) in [5.74, 6) is 3.25. The van der Waals surface area contributed by atoms with Crippen LogP contribution in [-0.4, -0.2) is 52.4 Å². The lowest BCUT2D eigenvalue weighted by Crippen LogP contribution is -2.64. The van der Waals surface area contributed by atoms with Crippen LogP contribution in [0.1, 0.15) is 44.1 Å². The number of carbonyl (C=O) groups excluding carboxylic acids is 1. The summed E-state index contributed by atoms with van der Waals surface area (Å²) in [5.41, 5.74) is 1.52. The minimum Gasteiger partial charge on any atom is -0.340 e. The molecular formula is C21H29N3O. The highest BCUT2D eigenvalue weighted by atomic mass is 16.2. The summed E-state index contributed by atoms with van der Waals surface area (Å²) in [7, 11) is 0. The Morgan fingerprint density at radius 1 is 1.04 bits per heavy atom. The molecule has 4 aliphatic carbocycles.